The predicted molar refractivity (Wildman–Crippen MR) is 86.3 cm³/mol. The minimum atomic E-state index is -0.934. The highest BCUT2D eigenvalue weighted by atomic mass is 16.6. The Balaban J connectivity index is 2.08. The summed E-state index contributed by atoms with van der Waals surface area (Å²) in [5.41, 5.74) is 4.02. The van der Waals surface area contributed by atoms with E-state index in [4.69, 9.17) is 9.47 Å². The standard InChI is InChI=1S/C19H16O3/c1-11-9-12-10-13(21-2)7-8-14(12)18-17(11)15-5-3-4-6-16(15)19(20)22-18/h3-10,19-20H,1-2H3. The van der Waals surface area contributed by atoms with E-state index in [1.54, 1.807) is 7.11 Å². The fourth-order valence-corrected chi connectivity index (χ4v) is 3.19. The van der Waals surface area contributed by atoms with E-state index in [1.807, 2.05) is 42.5 Å². The van der Waals surface area contributed by atoms with Gasteiger partial charge in [0, 0.05) is 16.5 Å². The molecule has 1 aliphatic rings. The molecule has 0 saturated heterocycles. The second-order valence-electron chi connectivity index (χ2n) is 5.54. The van der Waals surface area contributed by atoms with Crippen LogP contribution in [0.2, 0.25) is 0 Å². The molecule has 0 spiro atoms. The molecule has 4 rings (SSSR count). The first-order valence-corrected chi connectivity index (χ1v) is 7.24. The fraction of sp³-hybridized carbons (Fsp3) is 0.158. The maximum absolute atomic E-state index is 10.3. The summed E-state index contributed by atoms with van der Waals surface area (Å²) in [7, 11) is 1.66. The van der Waals surface area contributed by atoms with Crippen molar-refractivity contribution in [1.29, 1.82) is 0 Å². The van der Waals surface area contributed by atoms with Gasteiger partial charge in [0.2, 0.25) is 6.29 Å². The summed E-state index contributed by atoms with van der Waals surface area (Å²) in [6.07, 6.45) is -0.934. The van der Waals surface area contributed by atoms with Crippen molar-refractivity contribution >= 4 is 10.8 Å². The minimum absolute atomic E-state index is 0.740. The van der Waals surface area contributed by atoms with Gasteiger partial charge in [0.05, 0.1) is 7.11 Å². The number of rotatable bonds is 1. The molecular formula is C19H16O3. The first-order valence-electron chi connectivity index (χ1n) is 7.24. The minimum Gasteiger partial charge on any atom is -0.497 e. The molecule has 1 unspecified atom stereocenters. The van der Waals surface area contributed by atoms with Crippen molar-refractivity contribution in [2.45, 2.75) is 13.2 Å². The zero-order valence-corrected chi connectivity index (χ0v) is 12.5. The lowest BCUT2D eigenvalue weighted by molar-refractivity contribution is -0.0201. The molecule has 3 nitrogen and oxygen atoms in total. The van der Waals surface area contributed by atoms with E-state index in [0.717, 1.165) is 44.5 Å². The van der Waals surface area contributed by atoms with Crippen LogP contribution in [0.4, 0.5) is 0 Å². The number of ether oxygens (including phenoxy) is 2. The molecule has 0 radical (unpaired) electrons. The molecule has 1 heterocycles. The van der Waals surface area contributed by atoms with Crippen LogP contribution in [0.15, 0.2) is 48.5 Å². The third kappa shape index (κ3) is 1.79. The van der Waals surface area contributed by atoms with Crippen LogP contribution in [-0.2, 0) is 0 Å². The lowest BCUT2D eigenvalue weighted by Crippen LogP contribution is -2.14. The quantitative estimate of drug-likeness (QED) is 0.730. The van der Waals surface area contributed by atoms with Crippen molar-refractivity contribution in [2.24, 2.45) is 0 Å². The van der Waals surface area contributed by atoms with Crippen molar-refractivity contribution in [1.82, 2.24) is 0 Å². The second kappa shape index (κ2) is 4.75. The lowest BCUT2D eigenvalue weighted by Gasteiger charge is -2.27. The Labute approximate surface area is 128 Å². The van der Waals surface area contributed by atoms with Gasteiger partial charge in [-0.1, -0.05) is 30.3 Å². The number of fused-ring (bicyclic) bond motifs is 5. The molecule has 0 amide bonds. The molecule has 3 heteroatoms. The largest absolute Gasteiger partial charge is 0.497 e. The lowest BCUT2D eigenvalue weighted by atomic mass is 9.90. The molecule has 0 saturated carbocycles. The third-order valence-electron chi connectivity index (χ3n) is 4.22. The zero-order valence-electron chi connectivity index (χ0n) is 12.5. The van der Waals surface area contributed by atoms with E-state index < -0.39 is 6.29 Å². The Hall–Kier alpha value is -2.52. The van der Waals surface area contributed by atoms with E-state index in [9.17, 15) is 5.11 Å². The van der Waals surface area contributed by atoms with Crippen molar-refractivity contribution < 1.29 is 14.6 Å². The predicted octanol–water partition coefficient (Wildman–Crippen LogP) is 4.21. The van der Waals surface area contributed by atoms with Gasteiger partial charge in [0.15, 0.2) is 0 Å². The Morgan fingerprint density at radius 1 is 1.09 bits per heavy atom. The number of hydrogen-bond donors (Lipinski definition) is 1. The number of hydrogen-bond acceptors (Lipinski definition) is 3. The van der Waals surface area contributed by atoms with Gasteiger partial charge < -0.3 is 14.6 Å². The first-order chi connectivity index (χ1) is 10.7. The monoisotopic (exact) mass is 292 g/mol. The number of benzene rings is 3. The normalized spacial score (nSPS) is 15.9. The molecule has 3 aromatic rings. The highest BCUT2D eigenvalue weighted by molar-refractivity contribution is 5.98. The SMILES string of the molecule is COc1ccc2c3c(c(C)cc2c1)-c1ccccc1C(O)O3. The number of methoxy groups -OCH3 is 1. The summed E-state index contributed by atoms with van der Waals surface area (Å²) in [4.78, 5) is 0. The van der Waals surface area contributed by atoms with Crippen LogP contribution in [0.5, 0.6) is 11.5 Å². The first kappa shape index (κ1) is 13.2. The highest BCUT2D eigenvalue weighted by Gasteiger charge is 2.27. The van der Waals surface area contributed by atoms with E-state index in [0.29, 0.717) is 0 Å². The second-order valence-corrected chi connectivity index (χ2v) is 5.54. The summed E-state index contributed by atoms with van der Waals surface area (Å²) in [6.45, 7) is 2.07. The van der Waals surface area contributed by atoms with Gasteiger partial charge >= 0.3 is 0 Å². The molecule has 1 N–H and O–H groups in total. The van der Waals surface area contributed by atoms with Crippen LogP contribution < -0.4 is 9.47 Å². The Morgan fingerprint density at radius 3 is 2.73 bits per heavy atom. The fourth-order valence-electron chi connectivity index (χ4n) is 3.19. The van der Waals surface area contributed by atoms with Crippen molar-refractivity contribution in [3.8, 4) is 22.6 Å². The van der Waals surface area contributed by atoms with Crippen LogP contribution in [0.25, 0.3) is 21.9 Å². The van der Waals surface area contributed by atoms with Crippen LogP contribution in [0.3, 0.4) is 0 Å². The zero-order chi connectivity index (χ0) is 15.3. The Bertz CT molecular complexity index is 883. The van der Waals surface area contributed by atoms with Crippen molar-refractivity contribution in [3.05, 3.63) is 59.7 Å². The maximum Gasteiger partial charge on any atom is 0.224 e. The Morgan fingerprint density at radius 2 is 1.91 bits per heavy atom. The highest BCUT2D eigenvalue weighted by Crippen LogP contribution is 2.47. The summed E-state index contributed by atoms with van der Waals surface area (Å²) in [5, 5.41) is 12.3. The van der Waals surface area contributed by atoms with Crippen LogP contribution in [0.1, 0.15) is 17.4 Å². The topological polar surface area (TPSA) is 38.7 Å². The average molecular weight is 292 g/mol. The molecular weight excluding hydrogens is 276 g/mol. The van der Waals surface area contributed by atoms with E-state index in [2.05, 4.69) is 13.0 Å². The molecule has 0 aliphatic carbocycles. The summed E-state index contributed by atoms with van der Waals surface area (Å²) < 4.78 is 11.1. The van der Waals surface area contributed by atoms with Crippen LogP contribution >= 0.6 is 0 Å². The van der Waals surface area contributed by atoms with Gasteiger partial charge in [-0.25, -0.2) is 0 Å². The van der Waals surface area contributed by atoms with E-state index >= 15 is 0 Å². The van der Waals surface area contributed by atoms with Gasteiger partial charge in [-0.2, -0.15) is 0 Å². The molecule has 0 aromatic heterocycles. The summed E-state index contributed by atoms with van der Waals surface area (Å²) in [6, 6.07) is 15.8. The average Bonchev–Trinajstić information content (AvgIpc) is 2.54. The molecule has 3 aromatic carbocycles. The molecule has 0 fully saturated rings. The van der Waals surface area contributed by atoms with Gasteiger partial charge in [0.1, 0.15) is 11.5 Å². The molecule has 110 valence electrons. The van der Waals surface area contributed by atoms with Gasteiger partial charge in [-0.15, -0.1) is 0 Å². The maximum atomic E-state index is 10.3. The Kier molecular flexibility index (Phi) is 2.84. The number of aryl methyl sites for hydroxylation is 1. The summed E-state index contributed by atoms with van der Waals surface area (Å²) >= 11 is 0. The molecule has 1 atom stereocenters. The number of aliphatic hydroxyl groups excluding tert-OH is 1. The molecule has 22 heavy (non-hydrogen) atoms. The number of aliphatic hydroxyl groups is 1. The van der Waals surface area contributed by atoms with E-state index in [1.165, 1.54) is 0 Å². The summed E-state index contributed by atoms with van der Waals surface area (Å²) in [5.74, 6) is 1.55. The smallest absolute Gasteiger partial charge is 0.224 e. The van der Waals surface area contributed by atoms with Crippen molar-refractivity contribution in [2.75, 3.05) is 7.11 Å². The van der Waals surface area contributed by atoms with E-state index in [-0.39, 0.29) is 0 Å². The third-order valence-corrected chi connectivity index (χ3v) is 4.22. The van der Waals surface area contributed by atoms with Crippen LogP contribution in [0, 0.1) is 6.92 Å². The van der Waals surface area contributed by atoms with Gasteiger partial charge in [-0.05, 0) is 41.6 Å². The molecule has 1 aliphatic heterocycles. The van der Waals surface area contributed by atoms with Crippen LogP contribution in [-0.4, -0.2) is 12.2 Å². The molecule has 0 bridgehead atoms. The van der Waals surface area contributed by atoms with Crippen molar-refractivity contribution in [3.63, 3.8) is 0 Å². The van der Waals surface area contributed by atoms with Gasteiger partial charge in [-0.3, -0.25) is 0 Å². The van der Waals surface area contributed by atoms with Gasteiger partial charge in [0.25, 0.3) is 0 Å².